The summed E-state index contributed by atoms with van der Waals surface area (Å²) in [5.74, 6) is 0. The number of halogens is 3. The van der Waals surface area contributed by atoms with Crippen molar-refractivity contribution in [1.29, 1.82) is 0 Å². The van der Waals surface area contributed by atoms with E-state index in [1.807, 2.05) is 0 Å². The monoisotopic (exact) mass is 213 g/mol. The van der Waals surface area contributed by atoms with E-state index in [9.17, 15) is 8.78 Å². The Kier molecular flexibility index (Phi) is 2.33. The normalized spacial score (nSPS) is 11.1. The highest BCUT2D eigenvalue weighted by Crippen LogP contribution is 2.27. The molecule has 0 unspecified atom stereocenters. The van der Waals surface area contributed by atoms with Crippen molar-refractivity contribution in [3.8, 4) is 0 Å². The van der Waals surface area contributed by atoms with Gasteiger partial charge < -0.3 is 0 Å². The Balaban J connectivity index is 2.77. The average Bonchev–Trinajstić information content (AvgIpc) is 2.16. The van der Waals surface area contributed by atoms with Crippen LogP contribution in [0.15, 0.2) is 30.3 Å². The first kappa shape index (κ1) is 9.34. The van der Waals surface area contributed by atoms with E-state index < -0.39 is 6.43 Å². The van der Waals surface area contributed by atoms with Gasteiger partial charge in [-0.25, -0.2) is 13.8 Å². The van der Waals surface area contributed by atoms with E-state index in [1.165, 1.54) is 6.07 Å². The molecular formula is C10H6ClF2N. The van der Waals surface area contributed by atoms with E-state index in [1.54, 1.807) is 24.3 Å². The third-order valence-electron chi connectivity index (χ3n) is 1.95. The molecule has 0 saturated heterocycles. The molecule has 0 aliphatic heterocycles. The van der Waals surface area contributed by atoms with Crippen molar-refractivity contribution >= 4 is 22.5 Å². The number of alkyl halides is 2. The summed E-state index contributed by atoms with van der Waals surface area (Å²) in [5, 5.41) is 0.901. The molecule has 1 aromatic heterocycles. The van der Waals surface area contributed by atoms with Crippen LogP contribution < -0.4 is 0 Å². The van der Waals surface area contributed by atoms with Crippen molar-refractivity contribution in [3.05, 3.63) is 41.0 Å². The zero-order valence-corrected chi connectivity index (χ0v) is 7.80. The lowest BCUT2D eigenvalue weighted by Gasteiger charge is -2.04. The highest BCUT2D eigenvalue weighted by atomic mass is 35.5. The average molecular weight is 214 g/mol. The maximum atomic E-state index is 12.5. The molecule has 1 nitrogen and oxygen atoms in total. The van der Waals surface area contributed by atoms with Gasteiger partial charge in [0.1, 0.15) is 5.15 Å². The summed E-state index contributed by atoms with van der Waals surface area (Å²) in [5.41, 5.74) is 0.194. The van der Waals surface area contributed by atoms with Crippen LogP contribution in [0.1, 0.15) is 12.0 Å². The highest BCUT2D eigenvalue weighted by molar-refractivity contribution is 6.29. The first-order chi connectivity index (χ1) is 6.68. The second kappa shape index (κ2) is 3.50. The van der Waals surface area contributed by atoms with Crippen molar-refractivity contribution < 1.29 is 8.78 Å². The summed E-state index contributed by atoms with van der Waals surface area (Å²) in [6, 6.07) is 7.93. The summed E-state index contributed by atoms with van der Waals surface area (Å²) in [6.45, 7) is 0. The lowest BCUT2D eigenvalue weighted by Crippen LogP contribution is -1.89. The van der Waals surface area contributed by atoms with Gasteiger partial charge in [0, 0.05) is 10.9 Å². The standard InChI is InChI=1S/C10H6ClF2N/c11-8-5-4-6-2-1-3-7(10(12)13)9(6)14-8/h1-5,10H. The Bertz CT molecular complexity index is 471. The SMILES string of the molecule is FC(F)c1cccc2ccc(Cl)nc12. The molecule has 14 heavy (non-hydrogen) atoms. The van der Waals surface area contributed by atoms with Crippen LogP contribution >= 0.6 is 11.6 Å². The summed E-state index contributed by atoms with van der Waals surface area (Å²) in [7, 11) is 0. The predicted molar refractivity (Wildman–Crippen MR) is 51.7 cm³/mol. The van der Waals surface area contributed by atoms with Crippen molar-refractivity contribution in [2.45, 2.75) is 6.43 Å². The van der Waals surface area contributed by atoms with Crippen LogP contribution in [0.3, 0.4) is 0 Å². The summed E-state index contributed by atoms with van der Waals surface area (Å²) < 4.78 is 25.1. The van der Waals surface area contributed by atoms with Gasteiger partial charge in [-0.15, -0.1) is 0 Å². The molecule has 0 bridgehead atoms. The molecule has 0 atom stereocenters. The molecule has 4 heteroatoms. The van der Waals surface area contributed by atoms with Gasteiger partial charge in [-0.3, -0.25) is 0 Å². The molecule has 0 radical (unpaired) electrons. The van der Waals surface area contributed by atoms with E-state index in [0.29, 0.717) is 5.39 Å². The van der Waals surface area contributed by atoms with Gasteiger partial charge in [-0.05, 0) is 12.1 Å². The third-order valence-corrected chi connectivity index (χ3v) is 2.16. The lowest BCUT2D eigenvalue weighted by atomic mass is 10.1. The number of nitrogens with zero attached hydrogens (tertiary/aromatic N) is 1. The van der Waals surface area contributed by atoms with Crippen LogP contribution in [0.4, 0.5) is 8.78 Å². The van der Waals surface area contributed by atoms with Crippen LogP contribution in [-0.2, 0) is 0 Å². The van der Waals surface area contributed by atoms with Crippen molar-refractivity contribution in [1.82, 2.24) is 4.98 Å². The maximum absolute atomic E-state index is 12.5. The Morgan fingerprint density at radius 1 is 1.14 bits per heavy atom. The molecule has 0 fully saturated rings. The Morgan fingerprint density at radius 2 is 1.93 bits per heavy atom. The van der Waals surface area contributed by atoms with E-state index >= 15 is 0 Å². The number of hydrogen-bond acceptors (Lipinski definition) is 1. The summed E-state index contributed by atoms with van der Waals surface area (Å²) in [4.78, 5) is 3.88. The van der Waals surface area contributed by atoms with Crippen LogP contribution in [0.2, 0.25) is 5.15 Å². The van der Waals surface area contributed by atoms with E-state index in [-0.39, 0.29) is 16.2 Å². The molecular weight excluding hydrogens is 208 g/mol. The smallest absolute Gasteiger partial charge is 0.236 e. The van der Waals surface area contributed by atoms with Gasteiger partial charge in [0.2, 0.25) is 0 Å². The molecule has 2 rings (SSSR count). The van der Waals surface area contributed by atoms with E-state index in [0.717, 1.165) is 0 Å². The molecule has 1 heterocycles. The fourth-order valence-electron chi connectivity index (χ4n) is 1.32. The van der Waals surface area contributed by atoms with E-state index in [2.05, 4.69) is 4.98 Å². The topological polar surface area (TPSA) is 12.9 Å². The van der Waals surface area contributed by atoms with Crippen molar-refractivity contribution in [3.63, 3.8) is 0 Å². The van der Waals surface area contributed by atoms with Crippen LogP contribution in [0.5, 0.6) is 0 Å². The maximum Gasteiger partial charge on any atom is 0.265 e. The Morgan fingerprint density at radius 3 is 2.64 bits per heavy atom. The second-order valence-corrected chi connectivity index (χ2v) is 3.24. The molecule has 0 aliphatic carbocycles. The summed E-state index contributed by atoms with van der Waals surface area (Å²) in [6.07, 6.45) is -2.52. The number of pyridine rings is 1. The quantitative estimate of drug-likeness (QED) is 0.656. The molecule has 0 amide bonds. The number of benzene rings is 1. The van der Waals surface area contributed by atoms with Gasteiger partial charge >= 0.3 is 0 Å². The fourth-order valence-corrected chi connectivity index (χ4v) is 1.47. The van der Waals surface area contributed by atoms with Gasteiger partial charge in [-0.1, -0.05) is 29.8 Å². The van der Waals surface area contributed by atoms with Gasteiger partial charge in [0.05, 0.1) is 5.52 Å². The molecule has 0 spiro atoms. The largest absolute Gasteiger partial charge is 0.265 e. The molecule has 0 aliphatic rings. The van der Waals surface area contributed by atoms with Crippen LogP contribution in [0, 0.1) is 0 Å². The zero-order valence-electron chi connectivity index (χ0n) is 7.05. The minimum atomic E-state index is -2.52. The van der Waals surface area contributed by atoms with Crippen molar-refractivity contribution in [2.75, 3.05) is 0 Å². The first-order valence-corrected chi connectivity index (χ1v) is 4.39. The molecule has 1 aromatic carbocycles. The Hall–Kier alpha value is -1.22. The highest BCUT2D eigenvalue weighted by Gasteiger charge is 2.11. The van der Waals surface area contributed by atoms with Crippen molar-refractivity contribution in [2.24, 2.45) is 0 Å². The first-order valence-electron chi connectivity index (χ1n) is 4.02. The predicted octanol–water partition coefficient (Wildman–Crippen LogP) is 3.83. The Labute approximate surface area is 84.3 Å². The van der Waals surface area contributed by atoms with Gasteiger partial charge in [-0.2, -0.15) is 0 Å². The third kappa shape index (κ3) is 1.55. The zero-order chi connectivity index (χ0) is 10.1. The molecule has 72 valence electrons. The van der Waals surface area contributed by atoms with Crippen LogP contribution in [0.25, 0.3) is 10.9 Å². The van der Waals surface area contributed by atoms with Gasteiger partial charge in [0.15, 0.2) is 0 Å². The molecule has 2 aromatic rings. The second-order valence-electron chi connectivity index (χ2n) is 2.85. The fraction of sp³-hybridized carbons (Fsp3) is 0.100. The van der Waals surface area contributed by atoms with Gasteiger partial charge in [0.25, 0.3) is 6.43 Å². The minimum Gasteiger partial charge on any atom is -0.236 e. The number of aromatic nitrogens is 1. The molecule has 0 N–H and O–H groups in total. The number of para-hydroxylation sites is 1. The molecule has 0 saturated carbocycles. The van der Waals surface area contributed by atoms with E-state index in [4.69, 9.17) is 11.6 Å². The minimum absolute atomic E-state index is 0.0787. The number of hydrogen-bond donors (Lipinski definition) is 0. The number of fused-ring (bicyclic) bond motifs is 1. The van der Waals surface area contributed by atoms with Crippen LogP contribution in [-0.4, -0.2) is 4.98 Å². The lowest BCUT2D eigenvalue weighted by molar-refractivity contribution is 0.153. The summed E-state index contributed by atoms with van der Waals surface area (Å²) >= 11 is 5.64. The number of rotatable bonds is 1.